The van der Waals surface area contributed by atoms with Gasteiger partial charge in [-0.15, -0.1) is 0 Å². The second kappa shape index (κ2) is 7.87. The number of benzene rings is 1. The average Bonchev–Trinajstić information content (AvgIpc) is 3.08. The Morgan fingerprint density at radius 2 is 1.88 bits per heavy atom. The average molecular weight is 335 g/mol. The molecule has 0 aliphatic rings. The van der Waals surface area contributed by atoms with Gasteiger partial charge in [-0.3, -0.25) is 19.3 Å². The Bertz CT molecular complexity index is 846. The zero-order chi connectivity index (χ0) is 17.5. The van der Waals surface area contributed by atoms with Gasteiger partial charge in [0, 0.05) is 30.2 Å². The Kier molecular flexibility index (Phi) is 5.16. The van der Waals surface area contributed by atoms with E-state index in [0.717, 1.165) is 5.56 Å². The Hall–Kier alpha value is -3.48. The van der Waals surface area contributed by atoms with Gasteiger partial charge in [-0.2, -0.15) is 5.10 Å². The maximum atomic E-state index is 11.9. The standard InChI is InChI=1S/C18H17N5O2/c24-17(12-20-18(25)15-6-2-1-3-7-15)21-16-8-10-23(22-16)13-14-5-4-9-19-11-14/h1-11H,12-13H2,(H,20,25)(H,21,22,24). The molecule has 0 bridgehead atoms. The molecule has 0 radical (unpaired) electrons. The zero-order valence-corrected chi connectivity index (χ0v) is 13.4. The predicted molar refractivity (Wildman–Crippen MR) is 93.0 cm³/mol. The van der Waals surface area contributed by atoms with E-state index in [4.69, 9.17) is 0 Å². The summed E-state index contributed by atoms with van der Waals surface area (Å²) in [7, 11) is 0. The molecule has 126 valence electrons. The monoisotopic (exact) mass is 335 g/mol. The topological polar surface area (TPSA) is 88.9 Å². The first-order chi connectivity index (χ1) is 12.2. The Labute approximate surface area is 144 Å². The molecule has 2 heterocycles. The summed E-state index contributed by atoms with van der Waals surface area (Å²) in [5.74, 6) is -0.198. The molecule has 3 rings (SSSR count). The highest BCUT2D eigenvalue weighted by Crippen LogP contribution is 2.05. The second-order valence-corrected chi connectivity index (χ2v) is 5.36. The summed E-state index contributed by atoms with van der Waals surface area (Å²) in [5.41, 5.74) is 1.52. The Morgan fingerprint density at radius 1 is 1.04 bits per heavy atom. The van der Waals surface area contributed by atoms with Crippen LogP contribution in [0.4, 0.5) is 5.82 Å². The molecular weight excluding hydrogens is 318 g/mol. The van der Waals surface area contributed by atoms with Gasteiger partial charge in [0.2, 0.25) is 5.91 Å². The lowest BCUT2D eigenvalue weighted by atomic mass is 10.2. The van der Waals surface area contributed by atoms with Crippen molar-refractivity contribution in [3.8, 4) is 0 Å². The molecule has 0 saturated heterocycles. The van der Waals surface area contributed by atoms with E-state index in [0.29, 0.717) is 17.9 Å². The van der Waals surface area contributed by atoms with Crippen LogP contribution in [0.25, 0.3) is 0 Å². The quantitative estimate of drug-likeness (QED) is 0.717. The van der Waals surface area contributed by atoms with Crippen LogP contribution in [0.15, 0.2) is 67.1 Å². The van der Waals surface area contributed by atoms with Crippen molar-refractivity contribution in [2.24, 2.45) is 0 Å². The number of pyridine rings is 1. The molecule has 0 fully saturated rings. The van der Waals surface area contributed by atoms with Crippen LogP contribution >= 0.6 is 0 Å². The van der Waals surface area contributed by atoms with Gasteiger partial charge in [-0.25, -0.2) is 0 Å². The molecule has 2 amide bonds. The van der Waals surface area contributed by atoms with E-state index < -0.39 is 0 Å². The summed E-state index contributed by atoms with van der Waals surface area (Å²) < 4.78 is 1.70. The van der Waals surface area contributed by atoms with Gasteiger partial charge in [-0.1, -0.05) is 24.3 Å². The van der Waals surface area contributed by atoms with Crippen molar-refractivity contribution in [3.63, 3.8) is 0 Å². The maximum absolute atomic E-state index is 11.9. The van der Waals surface area contributed by atoms with Crippen molar-refractivity contribution in [1.82, 2.24) is 20.1 Å². The van der Waals surface area contributed by atoms with E-state index >= 15 is 0 Å². The molecule has 0 saturated carbocycles. The van der Waals surface area contributed by atoms with E-state index in [1.54, 1.807) is 53.6 Å². The van der Waals surface area contributed by atoms with Crippen molar-refractivity contribution in [2.45, 2.75) is 6.54 Å². The second-order valence-electron chi connectivity index (χ2n) is 5.36. The predicted octanol–water partition coefficient (Wildman–Crippen LogP) is 1.69. The third-order valence-electron chi connectivity index (χ3n) is 3.42. The van der Waals surface area contributed by atoms with Crippen LogP contribution in [0.3, 0.4) is 0 Å². The fourth-order valence-corrected chi connectivity index (χ4v) is 2.23. The lowest BCUT2D eigenvalue weighted by molar-refractivity contribution is -0.115. The summed E-state index contributed by atoms with van der Waals surface area (Å²) in [6.45, 7) is 0.442. The highest BCUT2D eigenvalue weighted by Gasteiger charge is 2.09. The van der Waals surface area contributed by atoms with Gasteiger partial charge in [0.15, 0.2) is 5.82 Å². The van der Waals surface area contributed by atoms with Crippen LogP contribution < -0.4 is 10.6 Å². The summed E-state index contributed by atoms with van der Waals surface area (Å²) in [5, 5.41) is 9.50. The van der Waals surface area contributed by atoms with Crippen LogP contribution in [0, 0.1) is 0 Å². The number of amides is 2. The van der Waals surface area contributed by atoms with Crippen LogP contribution in [-0.2, 0) is 11.3 Å². The molecule has 0 spiro atoms. The lowest BCUT2D eigenvalue weighted by Gasteiger charge is -2.05. The molecule has 0 aliphatic heterocycles. The minimum Gasteiger partial charge on any atom is -0.343 e. The van der Waals surface area contributed by atoms with Gasteiger partial charge in [0.25, 0.3) is 5.91 Å². The number of carbonyl (C=O) groups excluding carboxylic acids is 2. The first-order valence-electron chi connectivity index (χ1n) is 7.76. The van der Waals surface area contributed by atoms with Gasteiger partial charge in [-0.05, 0) is 23.8 Å². The summed E-state index contributed by atoms with van der Waals surface area (Å²) >= 11 is 0. The number of carbonyl (C=O) groups is 2. The zero-order valence-electron chi connectivity index (χ0n) is 13.4. The first kappa shape index (κ1) is 16.4. The van der Waals surface area contributed by atoms with Crippen molar-refractivity contribution in [1.29, 1.82) is 0 Å². The summed E-state index contributed by atoms with van der Waals surface area (Å²) in [4.78, 5) is 27.9. The van der Waals surface area contributed by atoms with Crippen LogP contribution in [0.1, 0.15) is 15.9 Å². The van der Waals surface area contributed by atoms with Crippen molar-refractivity contribution in [2.75, 3.05) is 11.9 Å². The molecular formula is C18H17N5O2. The molecule has 1 aromatic carbocycles. The Balaban J connectivity index is 1.49. The van der Waals surface area contributed by atoms with Crippen LogP contribution in [-0.4, -0.2) is 33.1 Å². The number of nitrogens with one attached hydrogen (secondary N) is 2. The number of hydrogen-bond acceptors (Lipinski definition) is 4. The van der Waals surface area contributed by atoms with Gasteiger partial charge in [0.05, 0.1) is 13.1 Å². The molecule has 7 heteroatoms. The van der Waals surface area contributed by atoms with Gasteiger partial charge < -0.3 is 10.6 Å². The number of hydrogen-bond donors (Lipinski definition) is 2. The molecule has 2 aromatic heterocycles. The Morgan fingerprint density at radius 3 is 2.64 bits per heavy atom. The molecule has 25 heavy (non-hydrogen) atoms. The SMILES string of the molecule is O=C(CNC(=O)c1ccccc1)Nc1ccn(Cc2cccnc2)n1. The number of nitrogens with zero attached hydrogens (tertiary/aromatic N) is 3. The highest BCUT2D eigenvalue weighted by molar-refractivity contribution is 5.98. The van der Waals surface area contributed by atoms with Crippen molar-refractivity contribution in [3.05, 3.63) is 78.2 Å². The fourth-order valence-electron chi connectivity index (χ4n) is 2.23. The minimum absolute atomic E-state index is 0.122. The van der Waals surface area contributed by atoms with E-state index in [-0.39, 0.29) is 18.4 Å². The molecule has 2 N–H and O–H groups in total. The summed E-state index contributed by atoms with van der Waals surface area (Å²) in [6, 6.07) is 14.2. The largest absolute Gasteiger partial charge is 0.343 e. The molecule has 0 aliphatic carbocycles. The maximum Gasteiger partial charge on any atom is 0.251 e. The third kappa shape index (κ3) is 4.74. The smallest absolute Gasteiger partial charge is 0.251 e. The van der Waals surface area contributed by atoms with Gasteiger partial charge in [0.1, 0.15) is 0 Å². The van der Waals surface area contributed by atoms with Crippen molar-refractivity contribution >= 4 is 17.6 Å². The number of rotatable bonds is 6. The van der Waals surface area contributed by atoms with Crippen LogP contribution in [0.5, 0.6) is 0 Å². The van der Waals surface area contributed by atoms with Crippen LogP contribution in [0.2, 0.25) is 0 Å². The van der Waals surface area contributed by atoms with E-state index in [1.807, 2.05) is 18.2 Å². The lowest BCUT2D eigenvalue weighted by Crippen LogP contribution is -2.32. The molecule has 0 unspecified atom stereocenters. The minimum atomic E-state index is -0.337. The summed E-state index contributed by atoms with van der Waals surface area (Å²) in [6.07, 6.45) is 5.24. The third-order valence-corrected chi connectivity index (χ3v) is 3.42. The van der Waals surface area contributed by atoms with Gasteiger partial charge >= 0.3 is 0 Å². The van der Waals surface area contributed by atoms with E-state index in [9.17, 15) is 9.59 Å². The molecule has 3 aromatic rings. The van der Waals surface area contributed by atoms with Crippen molar-refractivity contribution < 1.29 is 9.59 Å². The molecule has 0 atom stereocenters. The number of aromatic nitrogens is 3. The fraction of sp³-hybridized carbons (Fsp3) is 0.111. The normalized spacial score (nSPS) is 10.2. The van der Waals surface area contributed by atoms with E-state index in [2.05, 4.69) is 20.7 Å². The number of anilines is 1. The highest BCUT2D eigenvalue weighted by atomic mass is 16.2. The first-order valence-corrected chi connectivity index (χ1v) is 7.76. The van der Waals surface area contributed by atoms with E-state index in [1.165, 1.54) is 0 Å². The molecule has 7 nitrogen and oxygen atoms in total.